The van der Waals surface area contributed by atoms with E-state index >= 15 is 0 Å². The van der Waals surface area contributed by atoms with Gasteiger partial charge in [0, 0.05) is 11.6 Å². The van der Waals surface area contributed by atoms with Crippen molar-refractivity contribution in [3.05, 3.63) is 30.0 Å². The highest BCUT2D eigenvalue weighted by Crippen LogP contribution is 2.36. The predicted molar refractivity (Wildman–Crippen MR) is 78.2 cm³/mol. The molecule has 0 saturated heterocycles. The lowest BCUT2D eigenvalue weighted by Gasteiger charge is -2.25. The molecule has 0 aliphatic rings. The van der Waals surface area contributed by atoms with E-state index in [0.29, 0.717) is 5.88 Å². The third-order valence-electron chi connectivity index (χ3n) is 3.86. The fourth-order valence-corrected chi connectivity index (χ4v) is 2.21. The van der Waals surface area contributed by atoms with E-state index in [1.165, 1.54) is 5.56 Å². The molecule has 2 rings (SSSR count). The number of pyridine rings is 1. The second kappa shape index (κ2) is 5.08. The molecule has 2 aromatic rings. The SMILES string of the molecule is CCC(C)(C)c1cnc(OC)c2ccc(OC)cc12. The molecule has 0 fully saturated rings. The van der Waals surface area contributed by atoms with Crippen LogP contribution in [0.25, 0.3) is 10.8 Å². The van der Waals surface area contributed by atoms with Gasteiger partial charge in [-0.3, -0.25) is 0 Å². The van der Waals surface area contributed by atoms with Gasteiger partial charge in [-0.25, -0.2) is 4.98 Å². The standard InChI is InChI=1S/C16H21NO2/c1-6-16(2,3)14-10-17-15(19-5)12-8-7-11(18-4)9-13(12)14/h7-10H,6H2,1-5H3. The van der Waals surface area contributed by atoms with E-state index in [2.05, 4.69) is 31.8 Å². The zero-order valence-electron chi connectivity index (χ0n) is 12.3. The summed E-state index contributed by atoms with van der Waals surface area (Å²) in [6.07, 6.45) is 2.97. The second-order valence-corrected chi connectivity index (χ2v) is 5.33. The molecule has 0 amide bonds. The maximum Gasteiger partial charge on any atom is 0.221 e. The van der Waals surface area contributed by atoms with Crippen molar-refractivity contribution in [2.24, 2.45) is 0 Å². The number of hydrogen-bond donors (Lipinski definition) is 0. The molecule has 0 bridgehead atoms. The smallest absolute Gasteiger partial charge is 0.221 e. The Morgan fingerprint density at radius 1 is 1.11 bits per heavy atom. The molecule has 102 valence electrons. The van der Waals surface area contributed by atoms with Crippen LogP contribution in [0.5, 0.6) is 11.6 Å². The van der Waals surface area contributed by atoms with Gasteiger partial charge in [0.25, 0.3) is 0 Å². The Balaban J connectivity index is 2.78. The van der Waals surface area contributed by atoms with Crippen LogP contribution in [-0.4, -0.2) is 19.2 Å². The van der Waals surface area contributed by atoms with Crippen LogP contribution in [0.3, 0.4) is 0 Å². The monoisotopic (exact) mass is 259 g/mol. The number of aromatic nitrogens is 1. The van der Waals surface area contributed by atoms with Crippen LogP contribution >= 0.6 is 0 Å². The zero-order chi connectivity index (χ0) is 14.0. The fraction of sp³-hybridized carbons (Fsp3) is 0.438. The van der Waals surface area contributed by atoms with Gasteiger partial charge in [0.2, 0.25) is 5.88 Å². The molecule has 0 spiro atoms. The van der Waals surface area contributed by atoms with E-state index < -0.39 is 0 Å². The number of hydrogen-bond acceptors (Lipinski definition) is 3. The van der Waals surface area contributed by atoms with E-state index in [1.807, 2.05) is 18.3 Å². The Bertz CT molecular complexity index is 591. The molecule has 0 aliphatic carbocycles. The Labute approximate surface area is 114 Å². The van der Waals surface area contributed by atoms with Crippen molar-refractivity contribution in [2.45, 2.75) is 32.6 Å². The first kappa shape index (κ1) is 13.7. The Hall–Kier alpha value is -1.77. The molecule has 1 aromatic heterocycles. The highest BCUT2D eigenvalue weighted by molar-refractivity contribution is 5.91. The summed E-state index contributed by atoms with van der Waals surface area (Å²) >= 11 is 0. The molecular formula is C16H21NO2. The van der Waals surface area contributed by atoms with Crippen LogP contribution in [-0.2, 0) is 5.41 Å². The molecule has 3 nitrogen and oxygen atoms in total. The van der Waals surface area contributed by atoms with Crippen LogP contribution in [0.15, 0.2) is 24.4 Å². The van der Waals surface area contributed by atoms with Crippen molar-refractivity contribution in [2.75, 3.05) is 14.2 Å². The van der Waals surface area contributed by atoms with Crippen molar-refractivity contribution in [3.8, 4) is 11.6 Å². The van der Waals surface area contributed by atoms with Crippen LogP contribution < -0.4 is 9.47 Å². The van der Waals surface area contributed by atoms with Gasteiger partial charge < -0.3 is 9.47 Å². The first-order valence-corrected chi connectivity index (χ1v) is 6.54. The summed E-state index contributed by atoms with van der Waals surface area (Å²) in [5.41, 5.74) is 1.30. The average Bonchev–Trinajstić information content (AvgIpc) is 2.45. The zero-order valence-corrected chi connectivity index (χ0v) is 12.3. The van der Waals surface area contributed by atoms with Gasteiger partial charge in [-0.2, -0.15) is 0 Å². The van der Waals surface area contributed by atoms with Crippen molar-refractivity contribution in [3.63, 3.8) is 0 Å². The molecule has 0 radical (unpaired) electrons. The van der Waals surface area contributed by atoms with Crippen molar-refractivity contribution in [1.82, 2.24) is 4.98 Å². The summed E-state index contributed by atoms with van der Waals surface area (Å²) in [6.45, 7) is 6.65. The van der Waals surface area contributed by atoms with Crippen molar-refractivity contribution >= 4 is 10.8 Å². The molecule has 1 aromatic carbocycles. The lowest BCUT2D eigenvalue weighted by molar-refractivity contribution is 0.401. The predicted octanol–water partition coefficient (Wildman–Crippen LogP) is 3.94. The van der Waals surface area contributed by atoms with Gasteiger partial charge in [0.1, 0.15) is 5.75 Å². The molecular weight excluding hydrogens is 238 g/mol. The minimum atomic E-state index is 0.0733. The number of ether oxygens (including phenoxy) is 2. The van der Waals surface area contributed by atoms with Crippen LogP contribution in [0, 0.1) is 0 Å². The van der Waals surface area contributed by atoms with Gasteiger partial charge in [-0.15, -0.1) is 0 Å². The van der Waals surface area contributed by atoms with Crippen molar-refractivity contribution in [1.29, 1.82) is 0 Å². The summed E-state index contributed by atoms with van der Waals surface area (Å²) in [5.74, 6) is 1.52. The first-order valence-electron chi connectivity index (χ1n) is 6.54. The topological polar surface area (TPSA) is 31.4 Å². The molecule has 19 heavy (non-hydrogen) atoms. The highest BCUT2D eigenvalue weighted by Gasteiger charge is 2.22. The highest BCUT2D eigenvalue weighted by atomic mass is 16.5. The summed E-state index contributed by atoms with van der Waals surface area (Å²) < 4.78 is 10.7. The van der Waals surface area contributed by atoms with E-state index in [4.69, 9.17) is 9.47 Å². The summed E-state index contributed by atoms with van der Waals surface area (Å²) in [7, 11) is 3.33. The molecule has 3 heteroatoms. The van der Waals surface area contributed by atoms with Crippen LogP contribution in [0.1, 0.15) is 32.8 Å². The molecule has 0 aliphatic heterocycles. The number of fused-ring (bicyclic) bond motifs is 1. The van der Waals surface area contributed by atoms with E-state index in [1.54, 1.807) is 14.2 Å². The lowest BCUT2D eigenvalue weighted by atomic mass is 9.81. The van der Waals surface area contributed by atoms with E-state index in [0.717, 1.165) is 22.9 Å². The van der Waals surface area contributed by atoms with Gasteiger partial charge >= 0.3 is 0 Å². The molecule has 0 saturated carbocycles. The third-order valence-corrected chi connectivity index (χ3v) is 3.86. The minimum absolute atomic E-state index is 0.0733. The quantitative estimate of drug-likeness (QED) is 0.833. The maximum absolute atomic E-state index is 5.35. The summed E-state index contributed by atoms with van der Waals surface area (Å²) in [4.78, 5) is 4.43. The van der Waals surface area contributed by atoms with Crippen LogP contribution in [0.2, 0.25) is 0 Å². The third kappa shape index (κ3) is 2.37. The Kier molecular flexibility index (Phi) is 3.65. The normalized spacial score (nSPS) is 11.6. The summed E-state index contributed by atoms with van der Waals surface area (Å²) in [6, 6.07) is 6.01. The molecule has 1 heterocycles. The number of nitrogens with zero attached hydrogens (tertiary/aromatic N) is 1. The Morgan fingerprint density at radius 2 is 1.84 bits per heavy atom. The minimum Gasteiger partial charge on any atom is -0.497 e. The van der Waals surface area contributed by atoms with Gasteiger partial charge in [-0.05, 0) is 41.0 Å². The molecule has 0 unspecified atom stereocenters. The number of benzene rings is 1. The largest absolute Gasteiger partial charge is 0.497 e. The van der Waals surface area contributed by atoms with Gasteiger partial charge in [-0.1, -0.05) is 20.8 Å². The maximum atomic E-state index is 5.35. The fourth-order valence-electron chi connectivity index (χ4n) is 2.21. The van der Waals surface area contributed by atoms with E-state index in [-0.39, 0.29) is 5.41 Å². The molecule has 0 atom stereocenters. The van der Waals surface area contributed by atoms with Gasteiger partial charge in [0.05, 0.1) is 14.2 Å². The first-order chi connectivity index (χ1) is 9.03. The molecule has 0 N–H and O–H groups in total. The van der Waals surface area contributed by atoms with Crippen LogP contribution in [0.4, 0.5) is 0 Å². The lowest BCUT2D eigenvalue weighted by Crippen LogP contribution is -2.16. The van der Waals surface area contributed by atoms with Gasteiger partial charge in [0.15, 0.2) is 0 Å². The Morgan fingerprint density at radius 3 is 2.42 bits per heavy atom. The number of methoxy groups -OCH3 is 2. The van der Waals surface area contributed by atoms with Crippen molar-refractivity contribution < 1.29 is 9.47 Å². The number of rotatable bonds is 4. The average molecular weight is 259 g/mol. The summed E-state index contributed by atoms with van der Waals surface area (Å²) in [5, 5.41) is 2.18. The van der Waals surface area contributed by atoms with E-state index in [9.17, 15) is 0 Å². The second-order valence-electron chi connectivity index (χ2n) is 5.33.